The summed E-state index contributed by atoms with van der Waals surface area (Å²) in [5.74, 6) is 0.585. The molecule has 2 rings (SSSR count). The Morgan fingerprint density at radius 2 is 2.30 bits per heavy atom. The van der Waals surface area contributed by atoms with E-state index in [0.717, 1.165) is 6.42 Å². The Kier molecular flexibility index (Phi) is 5.71. The van der Waals surface area contributed by atoms with Crippen LogP contribution in [-0.4, -0.2) is 30.0 Å². The van der Waals surface area contributed by atoms with Crippen LogP contribution in [0.25, 0.3) is 0 Å². The van der Waals surface area contributed by atoms with E-state index in [9.17, 15) is 9.18 Å². The fourth-order valence-corrected chi connectivity index (χ4v) is 3.58. The smallest absolute Gasteiger partial charge is 0.253 e. The molecule has 1 saturated heterocycles. The Morgan fingerprint density at radius 1 is 1.45 bits per heavy atom. The number of anilines is 1. The molecular weight excluding hydrogens is 275 g/mol. The minimum Gasteiger partial charge on any atom is -0.382 e. The highest BCUT2D eigenvalue weighted by Crippen LogP contribution is 2.25. The number of rotatable bonds is 5. The molecule has 3 nitrogen and oxygen atoms in total. The van der Waals surface area contributed by atoms with E-state index in [4.69, 9.17) is 0 Å². The van der Waals surface area contributed by atoms with Gasteiger partial charge < -0.3 is 10.6 Å². The molecule has 1 atom stereocenters. The second kappa shape index (κ2) is 7.53. The average Bonchev–Trinajstić information content (AvgIpc) is 2.48. The average molecular weight is 296 g/mol. The molecule has 1 aliphatic heterocycles. The van der Waals surface area contributed by atoms with Crippen molar-refractivity contribution < 1.29 is 9.18 Å². The minimum atomic E-state index is -0.383. The molecule has 0 spiro atoms. The number of amides is 1. The van der Waals surface area contributed by atoms with Gasteiger partial charge in [0.1, 0.15) is 5.82 Å². The molecular formula is C15H21FN2OS. The molecule has 1 fully saturated rings. The Morgan fingerprint density at radius 3 is 3.00 bits per heavy atom. The zero-order chi connectivity index (χ0) is 14.4. The van der Waals surface area contributed by atoms with E-state index in [2.05, 4.69) is 10.6 Å². The third-order valence-corrected chi connectivity index (χ3v) is 4.77. The number of benzene rings is 1. The normalized spacial score (nSPS) is 18.6. The topological polar surface area (TPSA) is 41.1 Å². The summed E-state index contributed by atoms with van der Waals surface area (Å²) in [4.78, 5) is 12.2. The maximum atomic E-state index is 13.7. The summed E-state index contributed by atoms with van der Waals surface area (Å²) < 4.78 is 13.7. The molecule has 110 valence electrons. The molecule has 0 saturated carbocycles. The number of hydrogen-bond donors (Lipinski definition) is 2. The third kappa shape index (κ3) is 3.88. The fourth-order valence-electron chi connectivity index (χ4n) is 2.34. The second-order valence-corrected chi connectivity index (χ2v) is 6.30. The van der Waals surface area contributed by atoms with E-state index in [1.807, 2.05) is 18.7 Å². The summed E-state index contributed by atoms with van der Waals surface area (Å²) in [6.07, 6.45) is 3.65. The molecule has 0 aromatic heterocycles. The lowest BCUT2D eigenvalue weighted by molar-refractivity contribution is 0.0954. The number of halogens is 1. The quantitative estimate of drug-likeness (QED) is 0.876. The number of carbonyl (C=O) groups excluding carboxylic acids is 1. The van der Waals surface area contributed by atoms with Crippen molar-refractivity contribution in [1.29, 1.82) is 0 Å². The lowest BCUT2D eigenvalue weighted by Crippen LogP contribution is -2.32. The highest BCUT2D eigenvalue weighted by molar-refractivity contribution is 7.99. The van der Waals surface area contributed by atoms with E-state index in [1.54, 1.807) is 12.1 Å². The number of nitrogens with one attached hydrogen (secondary N) is 2. The van der Waals surface area contributed by atoms with Crippen molar-refractivity contribution in [1.82, 2.24) is 5.32 Å². The molecule has 0 radical (unpaired) electrons. The van der Waals surface area contributed by atoms with Crippen molar-refractivity contribution in [2.24, 2.45) is 0 Å². The Balaban J connectivity index is 1.99. The van der Waals surface area contributed by atoms with Crippen molar-refractivity contribution in [2.75, 3.05) is 24.2 Å². The first-order chi connectivity index (χ1) is 9.72. The molecule has 2 N–H and O–H groups in total. The lowest BCUT2D eigenvalue weighted by Gasteiger charge is -2.21. The van der Waals surface area contributed by atoms with Gasteiger partial charge in [0.2, 0.25) is 0 Å². The zero-order valence-electron chi connectivity index (χ0n) is 11.7. The molecule has 0 aliphatic carbocycles. The van der Waals surface area contributed by atoms with E-state index in [1.165, 1.54) is 24.7 Å². The summed E-state index contributed by atoms with van der Waals surface area (Å²) in [5, 5.41) is 6.34. The Hall–Kier alpha value is -1.23. The largest absolute Gasteiger partial charge is 0.382 e. The highest BCUT2D eigenvalue weighted by atomic mass is 32.2. The number of para-hydroxylation sites is 1. The predicted molar refractivity (Wildman–Crippen MR) is 83.0 cm³/mol. The molecule has 5 heteroatoms. The monoisotopic (exact) mass is 296 g/mol. The van der Waals surface area contributed by atoms with Gasteiger partial charge in [-0.3, -0.25) is 4.79 Å². The van der Waals surface area contributed by atoms with E-state index < -0.39 is 0 Å². The van der Waals surface area contributed by atoms with Crippen LogP contribution in [0.15, 0.2) is 18.2 Å². The molecule has 1 aromatic carbocycles. The molecule has 20 heavy (non-hydrogen) atoms. The van der Waals surface area contributed by atoms with Crippen LogP contribution in [0.1, 0.15) is 36.5 Å². The van der Waals surface area contributed by atoms with Crippen LogP contribution < -0.4 is 10.6 Å². The van der Waals surface area contributed by atoms with Crippen LogP contribution in [0, 0.1) is 5.82 Å². The zero-order valence-corrected chi connectivity index (χ0v) is 12.6. The molecule has 1 heterocycles. The first-order valence-electron chi connectivity index (χ1n) is 7.14. The maximum absolute atomic E-state index is 13.7. The van der Waals surface area contributed by atoms with E-state index >= 15 is 0 Å². The van der Waals surface area contributed by atoms with Crippen LogP contribution in [0.2, 0.25) is 0 Å². The maximum Gasteiger partial charge on any atom is 0.253 e. The van der Waals surface area contributed by atoms with Gasteiger partial charge in [0.25, 0.3) is 5.91 Å². The summed E-state index contributed by atoms with van der Waals surface area (Å²) in [6, 6.07) is 4.59. The summed E-state index contributed by atoms with van der Waals surface area (Å²) >= 11 is 1.91. The van der Waals surface area contributed by atoms with Crippen molar-refractivity contribution >= 4 is 23.4 Å². The van der Waals surface area contributed by atoms with E-state index in [0.29, 0.717) is 29.6 Å². The highest BCUT2D eigenvalue weighted by Gasteiger charge is 2.18. The predicted octanol–water partition coefficient (Wildman–Crippen LogP) is 3.27. The molecule has 1 aromatic rings. The van der Waals surface area contributed by atoms with Crippen LogP contribution in [-0.2, 0) is 0 Å². The molecule has 0 bridgehead atoms. The van der Waals surface area contributed by atoms with Crippen LogP contribution in [0.3, 0.4) is 0 Å². The van der Waals surface area contributed by atoms with Crippen LogP contribution in [0.5, 0.6) is 0 Å². The second-order valence-electron chi connectivity index (χ2n) is 4.89. The first-order valence-corrected chi connectivity index (χ1v) is 8.19. The molecule has 1 amide bonds. The van der Waals surface area contributed by atoms with Gasteiger partial charge in [0.05, 0.1) is 11.3 Å². The number of hydrogen-bond acceptors (Lipinski definition) is 3. The van der Waals surface area contributed by atoms with Gasteiger partial charge in [-0.25, -0.2) is 4.39 Å². The summed E-state index contributed by atoms with van der Waals surface area (Å²) in [7, 11) is 0. The van der Waals surface area contributed by atoms with Gasteiger partial charge in [-0.15, -0.1) is 0 Å². The van der Waals surface area contributed by atoms with Crippen LogP contribution in [0.4, 0.5) is 10.1 Å². The van der Waals surface area contributed by atoms with Gasteiger partial charge >= 0.3 is 0 Å². The summed E-state index contributed by atoms with van der Waals surface area (Å²) in [5.41, 5.74) is 0.677. The van der Waals surface area contributed by atoms with Crippen molar-refractivity contribution in [3.63, 3.8) is 0 Å². The van der Waals surface area contributed by atoms with Crippen molar-refractivity contribution in [3.8, 4) is 0 Å². The third-order valence-electron chi connectivity index (χ3n) is 3.38. The molecule has 1 unspecified atom stereocenters. The first kappa shape index (κ1) is 15.2. The van der Waals surface area contributed by atoms with Gasteiger partial charge in [-0.1, -0.05) is 12.5 Å². The molecule has 1 aliphatic rings. The fraction of sp³-hybridized carbons (Fsp3) is 0.533. The number of carbonyl (C=O) groups is 1. The Labute approximate surface area is 123 Å². The van der Waals surface area contributed by atoms with Gasteiger partial charge in [0.15, 0.2) is 0 Å². The van der Waals surface area contributed by atoms with Crippen molar-refractivity contribution in [3.05, 3.63) is 29.6 Å². The van der Waals surface area contributed by atoms with Crippen molar-refractivity contribution in [2.45, 2.75) is 31.4 Å². The lowest BCUT2D eigenvalue weighted by atomic mass is 10.1. The van der Waals surface area contributed by atoms with Gasteiger partial charge in [0, 0.05) is 18.3 Å². The van der Waals surface area contributed by atoms with Gasteiger partial charge in [-0.2, -0.15) is 11.8 Å². The standard InChI is InChI=1S/C15H21FN2OS/c1-2-17-14-12(7-5-8-13(14)16)15(19)18-10-11-6-3-4-9-20-11/h5,7-8,11,17H,2-4,6,9-10H2,1H3,(H,18,19). The Bertz CT molecular complexity index is 461. The SMILES string of the molecule is CCNc1c(F)cccc1C(=O)NCC1CCCCS1. The van der Waals surface area contributed by atoms with Crippen LogP contribution >= 0.6 is 11.8 Å². The van der Waals surface area contributed by atoms with E-state index in [-0.39, 0.29) is 11.7 Å². The number of thioether (sulfide) groups is 1. The summed E-state index contributed by atoms with van der Waals surface area (Å²) in [6.45, 7) is 3.12. The minimum absolute atomic E-state index is 0.202. The van der Waals surface area contributed by atoms with Gasteiger partial charge in [-0.05, 0) is 37.7 Å².